The molecule has 1 radical (unpaired) electrons. The molecule has 0 aromatic carbocycles. The molecule has 0 aliphatic rings. The average Bonchev–Trinajstić information content (AvgIpc) is 2.07. The lowest BCUT2D eigenvalue weighted by Crippen LogP contribution is -2.03. The molecule has 0 unspecified atom stereocenters. The van der Waals surface area contributed by atoms with Crippen LogP contribution in [0.5, 0.6) is 0 Å². The summed E-state index contributed by atoms with van der Waals surface area (Å²) in [6.45, 7) is 0.631. The van der Waals surface area contributed by atoms with Crippen molar-refractivity contribution in [2.24, 2.45) is 0 Å². The second-order valence-electron chi connectivity index (χ2n) is 2.08. The first-order chi connectivity index (χ1) is 5.36. The fourth-order valence-corrected chi connectivity index (χ4v) is 0.723. The maximum absolute atomic E-state index is 8.44. The minimum Gasteiger partial charge on any atom is -0.310 e. The first kappa shape index (κ1) is 7.70. The summed E-state index contributed by atoms with van der Waals surface area (Å²) in [6.07, 6.45) is 1.55. The van der Waals surface area contributed by atoms with Gasteiger partial charge in [-0.3, -0.25) is 4.98 Å². The van der Waals surface area contributed by atoms with E-state index in [9.17, 15) is 0 Å². The summed E-state index contributed by atoms with van der Waals surface area (Å²) >= 11 is 0. The van der Waals surface area contributed by atoms with Gasteiger partial charge in [-0.05, 0) is 12.1 Å². The van der Waals surface area contributed by atoms with E-state index in [1.807, 2.05) is 6.07 Å². The maximum atomic E-state index is 8.44. The van der Waals surface area contributed by atoms with Crippen molar-refractivity contribution in [2.75, 3.05) is 0 Å². The Bertz CT molecular complexity index is 258. The Balaban J connectivity index is 2.76. The van der Waals surface area contributed by atoms with Crippen LogP contribution in [-0.2, 0) is 6.54 Å². The van der Waals surface area contributed by atoms with E-state index in [-0.39, 0.29) is 0 Å². The van der Waals surface area contributed by atoms with E-state index in [4.69, 9.17) is 5.26 Å². The van der Waals surface area contributed by atoms with E-state index in [2.05, 4.69) is 17.3 Å². The third-order valence-corrected chi connectivity index (χ3v) is 1.26. The van der Waals surface area contributed by atoms with Crippen LogP contribution >= 0.6 is 0 Å². The summed E-state index contributed by atoms with van der Waals surface area (Å²) in [5, 5.41) is 11.2. The highest BCUT2D eigenvalue weighted by molar-refractivity contribution is 5.26. The monoisotopic (exact) mass is 146 g/mol. The van der Waals surface area contributed by atoms with Gasteiger partial charge in [0, 0.05) is 19.8 Å². The Hall–Kier alpha value is -1.40. The van der Waals surface area contributed by atoms with Gasteiger partial charge in [0.05, 0.1) is 11.3 Å². The molecule has 0 bridgehead atoms. The summed E-state index contributed by atoms with van der Waals surface area (Å²) in [5.74, 6) is 0. The van der Waals surface area contributed by atoms with Crippen LogP contribution in [0.15, 0.2) is 18.3 Å². The second-order valence-corrected chi connectivity index (χ2v) is 2.08. The second kappa shape index (κ2) is 3.69. The van der Waals surface area contributed by atoms with Gasteiger partial charge in [-0.15, -0.1) is 0 Å². The molecule has 0 saturated carbocycles. The van der Waals surface area contributed by atoms with Gasteiger partial charge in [-0.2, -0.15) is 5.26 Å². The zero-order valence-electron chi connectivity index (χ0n) is 6.04. The summed E-state index contributed by atoms with van der Waals surface area (Å²) < 4.78 is 0. The first-order valence-corrected chi connectivity index (χ1v) is 3.22. The van der Waals surface area contributed by atoms with Gasteiger partial charge in [0.25, 0.3) is 0 Å². The smallest absolute Gasteiger partial charge is 0.101 e. The molecule has 1 heterocycles. The van der Waals surface area contributed by atoms with E-state index in [1.54, 1.807) is 18.3 Å². The quantitative estimate of drug-likeness (QED) is 0.672. The number of nitrogens with one attached hydrogen (secondary N) is 1. The van der Waals surface area contributed by atoms with E-state index in [0.717, 1.165) is 5.69 Å². The molecule has 3 heteroatoms. The van der Waals surface area contributed by atoms with Crippen LogP contribution in [0.25, 0.3) is 0 Å². The molecule has 1 rings (SSSR count). The normalized spacial score (nSPS) is 9.09. The maximum Gasteiger partial charge on any atom is 0.101 e. The van der Waals surface area contributed by atoms with Gasteiger partial charge in [-0.1, -0.05) is 0 Å². The van der Waals surface area contributed by atoms with Crippen LogP contribution in [0.2, 0.25) is 0 Å². The topological polar surface area (TPSA) is 48.7 Å². The molecule has 1 aromatic rings. The highest BCUT2D eigenvalue weighted by Crippen LogP contribution is 1.97. The third kappa shape index (κ3) is 2.03. The molecule has 0 saturated heterocycles. The first-order valence-electron chi connectivity index (χ1n) is 3.22. The zero-order valence-corrected chi connectivity index (χ0v) is 6.04. The van der Waals surface area contributed by atoms with Gasteiger partial charge >= 0.3 is 0 Å². The minimum atomic E-state index is 0.581. The lowest BCUT2D eigenvalue weighted by Gasteiger charge is -1.96. The number of nitrogens with zero attached hydrogens (tertiary/aromatic N) is 2. The Labute approximate surface area is 65.7 Å². The van der Waals surface area contributed by atoms with Crippen molar-refractivity contribution in [3.8, 4) is 6.07 Å². The van der Waals surface area contributed by atoms with Gasteiger partial charge in [0.1, 0.15) is 6.07 Å². The van der Waals surface area contributed by atoms with Crippen molar-refractivity contribution in [1.29, 1.82) is 5.26 Å². The minimum absolute atomic E-state index is 0.581. The fraction of sp³-hybridized carbons (Fsp3) is 0.125. The molecule has 0 atom stereocenters. The SMILES string of the molecule is [CH2]NCc1ccc(C#N)cn1. The molecule has 0 aliphatic carbocycles. The predicted molar refractivity (Wildman–Crippen MR) is 41.1 cm³/mol. The number of rotatable bonds is 2. The molecule has 0 aliphatic heterocycles. The molecule has 11 heavy (non-hydrogen) atoms. The number of hydrogen-bond donors (Lipinski definition) is 1. The van der Waals surface area contributed by atoms with Gasteiger partial charge in [-0.25, -0.2) is 0 Å². The lowest BCUT2D eigenvalue weighted by atomic mass is 10.3. The molecule has 0 spiro atoms. The number of pyridine rings is 1. The van der Waals surface area contributed by atoms with Crippen LogP contribution in [0.1, 0.15) is 11.3 Å². The Morgan fingerprint density at radius 1 is 1.64 bits per heavy atom. The standard InChI is InChI=1S/C8H8N3/c1-10-6-8-3-2-7(4-9)5-11-8/h2-3,5,10H,1,6H2. The Morgan fingerprint density at radius 3 is 2.91 bits per heavy atom. The van der Waals surface area contributed by atoms with Gasteiger partial charge in [0.15, 0.2) is 0 Å². The zero-order chi connectivity index (χ0) is 8.10. The molecule has 55 valence electrons. The summed E-state index contributed by atoms with van der Waals surface area (Å²) in [4.78, 5) is 4.01. The summed E-state index contributed by atoms with van der Waals surface area (Å²) in [7, 11) is 3.47. The number of aromatic nitrogens is 1. The van der Waals surface area contributed by atoms with Crippen LogP contribution in [-0.4, -0.2) is 4.98 Å². The lowest BCUT2D eigenvalue weighted by molar-refractivity contribution is 0.832. The van der Waals surface area contributed by atoms with Crippen molar-refractivity contribution < 1.29 is 0 Å². The Morgan fingerprint density at radius 2 is 2.45 bits per heavy atom. The summed E-state index contributed by atoms with van der Waals surface area (Å²) in [5.41, 5.74) is 1.47. The average molecular weight is 146 g/mol. The van der Waals surface area contributed by atoms with E-state index >= 15 is 0 Å². The van der Waals surface area contributed by atoms with Crippen molar-refractivity contribution in [1.82, 2.24) is 10.3 Å². The predicted octanol–water partition coefficient (Wildman–Crippen LogP) is 0.834. The molecule has 3 nitrogen and oxygen atoms in total. The van der Waals surface area contributed by atoms with Crippen LogP contribution < -0.4 is 5.32 Å². The largest absolute Gasteiger partial charge is 0.310 e. The van der Waals surface area contributed by atoms with Gasteiger partial charge < -0.3 is 5.32 Å². The van der Waals surface area contributed by atoms with Crippen molar-refractivity contribution in [3.63, 3.8) is 0 Å². The van der Waals surface area contributed by atoms with Crippen molar-refractivity contribution >= 4 is 0 Å². The highest BCUT2D eigenvalue weighted by Gasteiger charge is 1.92. The van der Waals surface area contributed by atoms with Crippen LogP contribution in [0, 0.1) is 18.4 Å². The molecule has 0 amide bonds. The Kier molecular flexibility index (Phi) is 2.59. The molecular formula is C8H8N3. The highest BCUT2D eigenvalue weighted by atomic mass is 14.8. The van der Waals surface area contributed by atoms with Crippen LogP contribution in [0.3, 0.4) is 0 Å². The molecule has 1 N–H and O–H groups in total. The number of nitriles is 1. The van der Waals surface area contributed by atoms with Crippen molar-refractivity contribution in [3.05, 3.63) is 36.6 Å². The molecule has 1 aromatic heterocycles. The number of hydrogen-bond acceptors (Lipinski definition) is 3. The van der Waals surface area contributed by atoms with Crippen LogP contribution in [0.4, 0.5) is 0 Å². The fourth-order valence-electron chi connectivity index (χ4n) is 0.723. The molecule has 0 fully saturated rings. The van der Waals surface area contributed by atoms with E-state index in [0.29, 0.717) is 12.1 Å². The van der Waals surface area contributed by atoms with E-state index in [1.165, 1.54) is 0 Å². The van der Waals surface area contributed by atoms with Gasteiger partial charge in [0.2, 0.25) is 0 Å². The third-order valence-electron chi connectivity index (χ3n) is 1.26. The molecular weight excluding hydrogens is 138 g/mol. The van der Waals surface area contributed by atoms with Crippen molar-refractivity contribution in [2.45, 2.75) is 6.54 Å². The summed E-state index contributed by atoms with van der Waals surface area (Å²) in [6, 6.07) is 5.54. The van der Waals surface area contributed by atoms with E-state index < -0.39 is 0 Å².